The molecule has 2 aliphatic rings. The van der Waals surface area contributed by atoms with Crippen LogP contribution in [0, 0.1) is 5.41 Å². The van der Waals surface area contributed by atoms with Gasteiger partial charge < -0.3 is 68.2 Å². The highest BCUT2D eigenvalue weighted by Gasteiger charge is 2.48. The topological polar surface area (TPSA) is 285 Å². The Bertz CT molecular complexity index is 936. The van der Waals surface area contributed by atoms with Gasteiger partial charge in [0.05, 0.1) is 12.1 Å². The zero-order valence-electron chi connectivity index (χ0n) is 25.6. The number of amides is 3. The molecule has 2 rings (SSSR count). The van der Waals surface area contributed by atoms with Gasteiger partial charge in [0, 0.05) is 56.1 Å². The van der Waals surface area contributed by atoms with E-state index >= 15 is 0 Å². The smallest absolute Gasteiger partial charge is 0.249 e. The first-order valence-corrected chi connectivity index (χ1v) is 16.1. The molecule has 0 aromatic heterocycles. The number of aliphatic hydroxyl groups is 5. The zero-order chi connectivity index (χ0) is 33.2. The van der Waals surface area contributed by atoms with Gasteiger partial charge >= 0.3 is 0 Å². The van der Waals surface area contributed by atoms with Crippen molar-refractivity contribution < 1.29 is 49.4 Å². The van der Waals surface area contributed by atoms with E-state index in [0.717, 1.165) is 0 Å². The van der Waals surface area contributed by atoms with Crippen molar-refractivity contribution in [3.05, 3.63) is 0 Å². The quantitative estimate of drug-likeness (QED) is 0.0702. The van der Waals surface area contributed by atoms with Gasteiger partial charge in [0.25, 0.3) is 0 Å². The summed E-state index contributed by atoms with van der Waals surface area (Å²) in [5.74, 6) is -0.0748. The van der Waals surface area contributed by atoms with Crippen LogP contribution < -0.4 is 33.2 Å². The summed E-state index contributed by atoms with van der Waals surface area (Å²) in [7, 11) is 0. The van der Waals surface area contributed by atoms with E-state index < -0.39 is 78.5 Å². The summed E-state index contributed by atoms with van der Waals surface area (Å²) >= 11 is 1.44. The molecule has 14 N–H and O–H groups in total. The molecule has 256 valence electrons. The molecule has 44 heavy (non-hydrogen) atoms. The number of rotatable bonds is 16. The van der Waals surface area contributed by atoms with Crippen molar-refractivity contribution in [2.45, 2.75) is 114 Å². The molecular formula is C27H52N6O10S. The summed E-state index contributed by atoms with van der Waals surface area (Å²) in [6.07, 6.45) is -9.16. The molecule has 1 aliphatic heterocycles. The Morgan fingerprint density at radius 2 is 1.57 bits per heavy atom. The van der Waals surface area contributed by atoms with E-state index in [1.807, 2.05) is 6.92 Å². The highest BCUT2D eigenvalue weighted by atomic mass is 32.2. The van der Waals surface area contributed by atoms with E-state index in [1.54, 1.807) is 13.8 Å². The maximum Gasteiger partial charge on any atom is 0.249 e. The highest BCUT2D eigenvalue weighted by Crippen LogP contribution is 2.27. The minimum atomic E-state index is -1.46. The van der Waals surface area contributed by atoms with Gasteiger partial charge in [0.1, 0.15) is 36.6 Å². The molecule has 16 nitrogen and oxygen atoms in total. The third-order valence-electron chi connectivity index (χ3n) is 8.22. The summed E-state index contributed by atoms with van der Waals surface area (Å²) in [6.45, 7) is 5.79. The SMILES string of the molecule is CCC(C)(C)[C@@H](O)C(=O)NCCC(=O)NCCSCCC(=O)NC[C@H]1O[C@H](O[C@H]2[C@H](O)[C@@H](O)[C@H](N)C[C@@H]2N)[C@H](N)[C@@H](O)[C@@H]1O. The Morgan fingerprint density at radius 1 is 0.909 bits per heavy atom. The Morgan fingerprint density at radius 3 is 2.23 bits per heavy atom. The van der Waals surface area contributed by atoms with Crippen LogP contribution in [0.3, 0.4) is 0 Å². The average molecular weight is 653 g/mol. The predicted octanol–water partition coefficient (Wildman–Crippen LogP) is -4.42. The molecule has 17 heteroatoms. The van der Waals surface area contributed by atoms with Gasteiger partial charge in [0.2, 0.25) is 17.7 Å². The van der Waals surface area contributed by atoms with Gasteiger partial charge in [-0.1, -0.05) is 20.8 Å². The molecule has 0 aromatic carbocycles. The molecule has 0 bridgehead atoms. The van der Waals surface area contributed by atoms with Gasteiger partial charge in [-0.25, -0.2) is 0 Å². The number of thioether (sulfide) groups is 1. The summed E-state index contributed by atoms with van der Waals surface area (Å²) in [6, 6.07) is -2.66. The number of nitrogens with two attached hydrogens (primary N) is 3. The maximum atomic E-state index is 12.3. The number of hydrogen-bond donors (Lipinski definition) is 11. The number of aliphatic hydroxyl groups excluding tert-OH is 5. The van der Waals surface area contributed by atoms with Crippen LogP contribution in [0.5, 0.6) is 0 Å². The first-order chi connectivity index (χ1) is 20.6. The zero-order valence-corrected chi connectivity index (χ0v) is 26.4. The molecule has 11 atom stereocenters. The van der Waals surface area contributed by atoms with Crippen LogP contribution in [0.25, 0.3) is 0 Å². The Balaban J connectivity index is 1.65. The van der Waals surface area contributed by atoms with E-state index in [-0.39, 0.29) is 44.2 Å². The molecule has 1 saturated carbocycles. The lowest BCUT2D eigenvalue weighted by Crippen LogP contribution is -2.67. The lowest BCUT2D eigenvalue weighted by molar-refractivity contribution is -0.288. The van der Waals surface area contributed by atoms with E-state index in [1.165, 1.54) is 11.8 Å². The second-order valence-electron chi connectivity index (χ2n) is 12.0. The molecule has 3 amide bonds. The fraction of sp³-hybridized carbons (Fsp3) is 0.889. The second kappa shape index (κ2) is 17.9. The van der Waals surface area contributed by atoms with Crippen molar-refractivity contribution in [1.29, 1.82) is 0 Å². The predicted molar refractivity (Wildman–Crippen MR) is 162 cm³/mol. The van der Waals surface area contributed by atoms with Gasteiger partial charge in [-0.15, -0.1) is 0 Å². The fourth-order valence-electron chi connectivity index (χ4n) is 4.73. The van der Waals surface area contributed by atoms with Crippen LogP contribution >= 0.6 is 11.8 Å². The summed E-state index contributed by atoms with van der Waals surface area (Å²) in [4.78, 5) is 36.4. The molecule has 0 spiro atoms. The monoisotopic (exact) mass is 652 g/mol. The maximum absolute atomic E-state index is 12.3. The van der Waals surface area contributed by atoms with E-state index in [4.69, 9.17) is 26.7 Å². The Labute approximate surface area is 262 Å². The van der Waals surface area contributed by atoms with Gasteiger partial charge in [-0.2, -0.15) is 11.8 Å². The van der Waals surface area contributed by atoms with E-state index in [2.05, 4.69) is 16.0 Å². The first-order valence-electron chi connectivity index (χ1n) is 15.0. The number of carbonyl (C=O) groups excluding carboxylic acids is 3. The Hall–Kier alpha value is -1.64. The second-order valence-corrected chi connectivity index (χ2v) is 13.3. The molecule has 2 fully saturated rings. The van der Waals surface area contributed by atoms with Gasteiger partial charge in [0.15, 0.2) is 6.29 Å². The standard InChI is InChI=1S/C27H52N6O10S/c1-4-27(2,3)24(40)25(41)32-7-5-16(34)31-8-10-44-9-6-17(35)33-12-15-20(37)21(38)18(30)26(42-15)43-23-14(29)11-13(28)19(36)22(23)39/h13-15,18-24,26,36-40H,4-12,28-30H2,1-3H3,(H,31,34)(H,32,41)(H,33,35)/t13-,14+,15-,18-,19+,20-,21-,22-,23-,24+,26-/m1/s1. The number of carbonyl (C=O) groups is 3. The van der Waals surface area contributed by atoms with E-state index in [9.17, 15) is 39.9 Å². The van der Waals surface area contributed by atoms with Gasteiger partial charge in [-0.05, 0) is 18.3 Å². The van der Waals surface area contributed by atoms with Crippen LogP contribution in [0.15, 0.2) is 0 Å². The summed E-state index contributed by atoms with van der Waals surface area (Å²) in [5, 5.41) is 59.4. The van der Waals surface area contributed by atoms with Crippen molar-refractivity contribution in [3.63, 3.8) is 0 Å². The van der Waals surface area contributed by atoms with Crippen LogP contribution in [-0.4, -0.2) is 142 Å². The largest absolute Gasteiger partial charge is 0.389 e. The van der Waals surface area contributed by atoms with Crippen LogP contribution in [-0.2, 0) is 23.9 Å². The van der Waals surface area contributed by atoms with Crippen LogP contribution in [0.1, 0.15) is 46.5 Å². The van der Waals surface area contributed by atoms with Crippen molar-refractivity contribution in [3.8, 4) is 0 Å². The number of ether oxygens (including phenoxy) is 2. The van der Waals surface area contributed by atoms with E-state index in [0.29, 0.717) is 24.5 Å². The van der Waals surface area contributed by atoms with Crippen molar-refractivity contribution >= 4 is 29.5 Å². The lowest BCUT2D eigenvalue weighted by Gasteiger charge is -2.45. The number of hydrogen-bond acceptors (Lipinski definition) is 14. The Kier molecular flexibility index (Phi) is 15.7. The molecule has 1 aliphatic carbocycles. The number of nitrogens with one attached hydrogen (secondary N) is 3. The molecule has 0 radical (unpaired) electrons. The van der Waals surface area contributed by atoms with Crippen molar-refractivity contribution in [2.24, 2.45) is 22.6 Å². The third kappa shape index (κ3) is 11.0. The molecule has 0 aromatic rings. The van der Waals surface area contributed by atoms with Crippen molar-refractivity contribution in [1.82, 2.24) is 16.0 Å². The third-order valence-corrected chi connectivity index (χ3v) is 9.21. The van der Waals surface area contributed by atoms with Crippen LogP contribution in [0.4, 0.5) is 0 Å². The highest BCUT2D eigenvalue weighted by molar-refractivity contribution is 7.99. The van der Waals surface area contributed by atoms with Gasteiger partial charge in [-0.3, -0.25) is 14.4 Å². The average Bonchev–Trinajstić information content (AvgIpc) is 2.98. The normalized spacial score (nSPS) is 33.3. The molecule has 0 unspecified atom stereocenters. The first kappa shape index (κ1) is 38.5. The lowest BCUT2D eigenvalue weighted by atomic mass is 9.83. The molecule has 1 saturated heterocycles. The van der Waals surface area contributed by atoms with Crippen LogP contribution in [0.2, 0.25) is 0 Å². The fourth-order valence-corrected chi connectivity index (χ4v) is 5.51. The summed E-state index contributed by atoms with van der Waals surface area (Å²) < 4.78 is 11.5. The summed E-state index contributed by atoms with van der Waals surface area (Å²) in [5.41, 5.74) is 17.2. The minimum absolute atomic E-state index is 0.0723. The van der Waals surface area contributed by atoms with Crippen molar-refractivity contribution in [2.75, 3.05) is 31.1 Å². The minimum Gasteiger partial charge on any atom is -0.389 e. The molecule has 1 heterocycles. The molecular weight excluding hydrogens is 600 g/mol.